The van der Waals surface area contributed by atoms with Crippen LogP contribution in [-0.4, -0.2) is 60.1 Å². The Morgan fingerprint density at radius 1 is 1.00 bits per heavy atom. The van der Waals surface area contributed by atoms with Gasteiger partial charge in [-0.3, -0.25) is 14.4 Å². The second kappa shape index (κ2) is 18.4. The molecular weight excluding hydrogens is 522 g/mol. The Bertz CT molecular complexity index is 972. The summed E-state index contributed by atoms with van der Waals surface area (Å²) in [6.45, 7) is 15.8. The zero-order chi connectivity index (χ0) is 31.0. The highest BCUT2D eigenvalue weighted by Gasteiger charge is 2.36. The van der Waals surface area contributed by atoms with Crippen LogP contribution in [0.25, 0.3) is 0 Å². The minimum Gasteiger partial charge on any atom is -0.466 e. The molecule has 1 aromatic carbocycles. The molecule has 0 bridgehead atoms. The highest BCUT2D eigenvalue weighted by molar-refractivity contribution is 5.92. The van der Waals surface area contributed by atoms with E-state index in [9.17, 15) is 19.2 Å². The van der Waals surface area contributed by atoms with Crippen molar-refractivity contribution in [3.63, 3.8) is 0 Å². The lowest BCUT2D eigenvalue weighted by molar-refractivity contribution is -0.144. The van der Waals surface area contributed by atoms with Crippen LogP contribution in [0.4, 0.5) is 4.79 Å². The van der Waals surface area contributed by atoms with Gasteiger partial charge < -0.3 is 25.0 Å². The maximum Gasteiger partial charge on any atom is 0.408 e. The fourth-order valence-corrected chi connectivity index (χ4v) is 4.53. The summed E-state index contributed by atoms with van der Waals surface area (Å²) in [7, 11) is 0. The Balaban J connectivity index is 3.43. The molecule has 9 nitrogen and oxygen atoms in total. The summed E-state index contributed by atoms with van der Waals surface area (Å²) in [6, 6.07) is 5.70. The normalized spacial score (nSPS) is 12.8. The topological polar surface area (TPSA) is 114 Å². The molecule has 2 unspecified atom stereocenters. The molecule has 2 N–H and O–H groups in total. The van der Waals surface area contributed by atoms with Crippen molar-refractivity contribution in [2.45, 2.75) is 118 Å². The maximum absolute atomic E-state index is 14.3. The Kier molecular flexibility index (Phi) is 16.1. The van der Waals surface area contributed by atoms with Gasteiger partial charge in [0.15, 0.2) is 0 Å². The Morgan fingerprint density at radius 3 is 2.27 bits per heavy atom. The van der Waals surface area contributed by atoms with E-state index in [1.807, 2.05) is 45.0 Å². The molecule has 1 rings (SSSR count). The Labute approximate surface area is 247 Å². The SMILES string of the molecule is CCCCCCCN(C(=O)C(CC(C)C)NC(=O)OC(C)(C)C)C(C(=O)NCCC(=O)OCC)c1cccc(C)c1. The number of unbranched alkanes of at least 4 members (excludes halogenated alkanes) is 4. The molecule has 2 atom stereocenters. The zero-order valence-corrected chi connectivity index (χ0v) is 26.5. The van der Waals surface area contributed by atoms with Crippen molar-refractivity contribution in [1.82, 2.24) is 15.5 Å². The number of alkyl carbamates (subject to hydrolysis) is 1. The van der Waals surface area contributed by atoms with Gasteiger partial charge in [0, 0.05) is 13.1 Å². The molecular formula is C32H53N3O6. The smallest absolute Gasteiger partial charge is 0.408 e. The van der Waals surface area contributed by atoms with Gasteiger partial charge in [0.1, 0.15) is 17.7 Å². The number of hydrogen-bond acceptors (Lipinski definition) is 6. The largest absolute Gasteiger partial charge is 0.466 e. The van der Waals surface area contributed by atoms with E-state index in [4.69, 9.17) is 9.47 Å². The van der Waals surface area contributed by atoms with Crippen molar-refractivity contribution < 1.29 is 28.7 Å². The van der Waals surface area contributed by atoms with Crippen molar-refractivity contribution in [2.75, 3.05) is 19.7 Å². The highest BCUT2D eigenvalue weighted by atomic mass is 16.6. The number of carbonyl (C=O) groups excluding carboxylic acids is 4. The summed E-state index contributed by atoms with van der Waals surface area (Å²) < 4.78 is 10.5. The number of nitrogens with zero attached hydrogens (tertiary/aromatic N) is 1. The van der Waals surface area contributed by atoms with Gasteiger partial charge >= 0.3 is 12.1 Å². The second-order valence-electron chi connectivity index (χ2n) is 11.9. The lowest BCUT2D eigenvalue weighted by Gasteiger charge is -2.35. The van der Waals surface area contributed by atoms with E-state index in [0.29, 0.717) is 24.9 Å². The lowest BCUT2D eigenvalue weighted by atomic mass is 9.97. The number of hydrogen-bond donors (Lipinski definition) is 2. The zero-order valence-electron chi connectivity index (χ0n) is 26.5. The van der Waals surface area contributed by atoms with Crippen LogP contribution < -0.4 is 10.6 Å². The first-order valence-electron chi connectivity index (χ1n) is 15.1. The summed E-state index contributed by atoms with van der Waals surface area (Å²) >= 11 is 0. The fourth-order valence-electron chi connectivity index (χ4n) is 4.53. The van der Waals surface area contributed by atoms with Crippen LogP contribution in [-0.2, 0) is 23.9 Å². The summed E-state index contributed by atoms with van der Waals surface area (Å²) in [5, 5.41) is 5.62. The number of carbonyl (C=O) groups is 4. The number of esters is 1. The summed E-state index contributed by atoms with van der Waals surface area (Å²) in [5.41, 5.74) is 0.895. The fraction of sp³-hybridized carbons (Fsp3) is 0.688. The molecule has 0 saturated heterocycles. The summed E-state index contributed by atoms with van der Waals surface area (Å²) in [4.78, 5) is 54.3. The minimum atomic E-state index is -0.939. The molecule has 1 aromatic rings. The molecule has 0 spiro atoms. The molecule has 3 amide bonds. The van der Waals surface area contributed by atoms with Crippen LogP contribution in [0, 0.1) is 12.8 Å². The Hall–Kier alpha value is -3.10. The number of nitrogens with one attached hydrogen (secondary N) is 2. The van der Waals surface area contributed by atoms with Gasteiger partial charge in [-0.2, -0.15) is 0 Å². The molecule has 232 valence electrons. The van der Waals surface area contributed by atoms with Crippen LogP contribution >= 0.6 is 0 Å². The van der Waals surface area contributed by atoms with E-state index in [0.717, 1.165) is 31.2 Å². The molecule has 41 heavy (non-hydrogen) atoms. The third-order valence-electron chi connectivity index (χ3n) is 6.33. The molecule has 0 fully saturated rings. The molecule has 0 heterocycles. The van der Waals surface area contributed by atoms with E-state index >= 15 is 0 Å². The quantitative estimate of drug-likeness (QED) is 0.178. The molecule has 9 heteroatoms. The second-order valence-corrected chi connectivity index (χ2v) is 11.9. The predicted octanol–water partition coefficient (Wildman–Crippen LogP) is 5.84. The standard InChI is InChI=1S/C32H53N3O6/c1-9-11-12-13-14-20-35(30(38)26(21-23(3)4)34-31(39)41-32(6,7)8)28(25-17-15-16-24(5)22-25)29(37)33-19-18-27(36)40-10-2/h15-17,22-23,26,28H,9-14,18-21H2,1-8H3,(H,33,37)(H,34,39). The molecule has 0 aliphatic heterocycles. The van der Waals surface area contributed by atoms with E-state index in [1.54, 1.807) is 32.6 Å². The molecule has 0 aromatic heterocycles. The van der Waals surface area contributed by atoms with Gasteiger partial charge in [-0.1, -0.05) is 76.3 Å². The average molecular weight is 576 g/mol. The van der Waals surface area contributed by atoms with E-state index in [2.05, 4.69) is 17.6 Å². The van der Waals surface area contributed by atoms with Crippen LogP contribution in [0.5, 0.6) is 0 Å². The number of rotatable bonds is 17. The third-order valence-corrected chi connectivity index (χ3v) is 6.33. The predicted molar refractivity (Wildman–Crippen MR) is 161 cm³/mol. The molecule has 0 aliphatic carbocycles. The van der Waals surface area contributed by atoms with Crippen molar-refractivity contribution in [1.29, 1.82) is 0 Å². The van der Waals surface area contributed by atoms with E-state index in [1.165, 1.54) is 0 Å². The van der Waals surface area contributed by atoms with Crippen LogP contribution in [0.2, 0.25) is 0 Å². The van der Waals surface area contributed by atoms with Gasteiger partial charge in [-0.05, 0) is 58.9 Å². The average Bonchev–Trinajstić information content (AvgIpc) is 2.85. The third kappa shape index (κ3) is 14.4. The number of benzene rings is 1. The first-order valence-corrected chi connectivity index (χ1v) is 15.1. The van der Waals surface area contributed by atoms with Crippen molar-refractivity contribution in [2.24, 2.45) is 5.92 Å². The molecule has 0 aliphatic rings. The van der Waals surface area contributed by atoms with Gasteiger partial charge in [0.05, 0.1) is 13.0 Å². The molecule has 0 radical (unpaired) electrons. The van der Waals surface area contributed by atoms with E-state index < -0.39 is 29.7 Å². The minimum absolute atomic E-state index is 0.0290. The van der Waals surface area contributed by atoms with Gasteiger partial charge in [-0.15, -0.1) is 0 Å². The number of aryl methyl sites for hydroxylation is 1. The monoisotopic (exact) mass is 575 g/mol. The van der Waals surface area contributed by atoms with Crippen molar-refractivity contribution >= 4 is 23.9 Å². The maximum atomic E-state index is 14.3. The number of ether oxygens (including phenoxy) is 2. The van der Waals surface area contributed by atoms with Crippen molar-refractivity contribution in [3.8, 4) is 0 Å². The number of amides is 3. The summed E-state index contributed by atoms with van der Waals surface area (Å²) in [5.74, 6) is -1.03. The molecule has 0 saturated carbocycles. The van der Waals surface area contributed by atoms with Crippen LogP contribution in [0.1, 0.15) is 111 Å². The van der Waals surface area contributed by atoms with Crippen LogP contribution in [0.15, 0.2) is 24.3 Å². The first kappa shape index (κ1) is 35.9. The van der Waals surface area contributed by atoms with E-state index in [-0.39, 0.29) is 37.3 Å². The Morgan fingerprint density at radius 2 is 1.68 bits per heavy atom. The van der Waals surface area contributed by atoms with Crippen LogP contribution in [0.3, 0.4) is 0 Å². The lowest BCUT2D eigenvalue weighted by Crippen LogP contribution is -2.53. The van der Waals surface area contributed by atoms with Crippen molar-refractivity contribution in [3.05, 3.63) is 35.4 Å². The van der Waals surface area contributed by atoms with Gasteiger partial charge in [-0.25, -0.2) is 4.79 Å². The summed E-state index contributed by atoms with van der Waals surface area (Å²) in [6.07, 6.45) is 4.59. The highest BCUT2D eigenvalue weighted by Crippen LogP contribution is 2.26. The van der Waals surface area contributed by atoms with Gasteiger partial charge in [0.25, 0.3) is 0 Å². The van der Waals surface area contributed by atoms with Gasteiger partial charge in [0.2, 0.25) is 11.8 Å². The first-order chi connectivity index (χ1) is 19.3.